The van der Waals surface area contributed by atoms with E-state index in [0.29, 0.717) is 37.0 Å². The number of allylic oxidation sites excluding steroid dienone is 6. The molecule has 0 aliphatic carbocycles. The van der Waals surface area contributed by atoms with Crippen LogP contribution in [-0.2, 0) is 0 Å². The Morgan fingerprint density at radius 3 is 0.971 bits per heavy atom. The summed E-state index contributed by atoms with van der Waals surface area (Å²) < 4.78 is 0. The lowest BCUT2D eigenvalue weighted by molar-refractivity contribution is -0.380. The maximum Gasteiger partial charge on any atom is 0.281 e. The molecule has 0 saturated heterocycles. The van der Waals surface area contributed by atoms with Gasteiger partial charge in [-0.3, -0.25) is 0 Å². The van der Waals surface area contributed by atoms with Gasteiger partial charge in [0.2, 0.25) is 0 Å². The minimum Gasteiger partial charge on any atom is -0.343 e. The van der Waals surface area contributed by atoms with E-state index in [4.69, 9.17) is 0 Å². The molecule has 0 aromatic carbocycles. The zero-order chi connectivity index (χ0) is 27.1. The quantitative estimate of drug-likeness (QED) is 0.124. The van der Waals surface area contributed by atoms with E-state index in [9.17, 15) is 15.3 Å². The zero-order valence-electron chi connectivity index (χ0n) is 24.8. The summed E-state index contributed by atoms with van der Waals surface area (Å²) in [6.45, 7) is 19.5. The molecule has 0 aliphatic heterocycles. The fraction of sp³-hybridized carbons (Fsp3) is 0.812. The Kier molecular flexibility index (Phi) is 17.1. The first-order valence-corrected chi connectivity index (χ1v) is 14.3. The fourth-order valence-electron chi connectivity index (χ4n) is 4.85. The third-order valence-electron chi connectivity index (χ3n) is 7.69. The molecule has 35 heavy (non-hydrogen) atoms. The molecular formula is C32H60O3. The topological polar surface area (TPSA) is 60.7 Å². The Bertz CT molecular complexity index is 559. The lowest BCUT2D eigenvalue weighted by Gasteiger charge is -2.42. The van der Waals surface area contributed by atoms with Crippen molar-refractivity contribution >= 4 is 0 Å². The van der Waals surface area contributed by atoms with Crippen LogP contribution in [-0.4, -0.2) is 21.3 Å². The molecule has 0 rings (SSSR count). The van der Waals surface area contributed by atoms with E-state index in [-0.39, 0.29) is 0 Å². The van der Waals surface area contributed by atoms with E-state index in [1.165, 1.54) is 16.7 Å². The van der Waals surface area contributed by atoms with Crippen molar-refractivity contribution in [3.8, 4) is 0 Å². The summed E-state index contributed by atoms with van der Waals surface area (Å²) in [4.78, 5) is 0. The second-order valence-corrected chi connectivity index (χ2v) is 12.4. The fourth-order valence-corrected chi connectivity index (χ4v) is 4.85. The third kappa shape index (κ3) is 16.5. The molecule has 3 nitrogen and oxygen atoms in total. The third-order valence-corrected chi connectivity index (χ3v) is 7.69. The van der Waals surface area contributed by atoms with Gasteiger partial charge >= 0.3 is 0 Å². The van der Waals surface area contributed by atoms with Gasteiger partial charge in [0.1, 0.15) is 0 Å². The van der Waals surface area contributed by atoms with E-state index >= 15 is 0 Å². The van der Waals surface area contributed by atoms with Gasteiger partial charge in [0.25, 0.3) is 5.97 Å². The van der Waals surface area contributed by atoms with Crippen molar-refractivity contribution in [1.29, 1.82) is 0 Å². The highest BCUT2D eigenvalue weighted by atomic mass is 16.7. The highest BCUT2D eigenvalue weighted by Gasteiger charge is 2.47. The highest BCUT2D eigenvalue weighted by Crippen LogP contribution is 2.45. The molecule has 206 valence electrons. The molecule has 0 aromatic rings. The van der Waals surface area contributed by atoms with Gasteiger partial charge in [-0.15, -0.1) is 0 Å². The van der Waals surface area contributed by atoms with Crippen molar-refractivity contribution in [2.24, 2.45) is 23.2 Å². The van der Waals surface area contributed by atoms with Crippen LogP contribution in [0.15, 0.2) is 34.9 Å². The Labute approximate surface area is 218 Å². The predicted molar refractivity (Wildman–Crippen MR) is 153 cm³/mol. The molecule has 3 N–H and O–H groups in total. The second-order valence-electron chi connectivity index (χ2n) is 12.4. The normalized spacial score (nSPS) is 16.1. The number of rotatable bonds is 19. The van der Waals surface area contributed by atoms with Gasteiger partial charge in [0.15, 0.2) is 0 Å². The van der Waals surface area contributed by atoms with Crippen LogP contribution in [0.3, 0.4) is 0 Å². The Morgan fingerprint density at radius 2 is 0.771 bits per heavy atom. The average molecular weight is 493 g/mol. The van der Waals surface area contributed by atoms with Gasteiger partial charge in [0, 0.05) is 0 Å². The van der Waals surface area contributed by atoms with E-state index in [2.05, 4.69) is 80.5 Å². The molecule has 0 heterocycles. The molecule has 0 spiro atoms. The lowest BCUT2D eigenvalue weighted by atomic mass is 9.69. The Balaban J connectivity index is 5.40. The van der Waals surface area contributed by atoms with Gasteiger partial charge in [-0.05, 0) is 136 Å². The first kappa shape index (κ1) is 34.1. The number of aliphatic hydroxyl groups is 3. The van der Waals surface area contributed by atoms with Crippen molar-refractivity contribution in [2.75, 3.05) is 0 Å². The smallest absolute Gasteiger partial charge is 0.281 e. The minimum atomic E-state index is -2.65. The molecule has 3 unspecified atom stereocenters. The maximum atomic E-state index is 10.7. The largest absolute Gasteiger partial charge is 0.343 e. The Hall–Kier alpha value is -0.900. The van der Waals surface area contributed by atoms with E-state index in [1.807, 2.05) is 0 Å². The summed E-state index contributed by atoms with van der Waals surface area (Å²) in [5, 5.41) is 32.1. The van der Waals surface area contributed by atoms with Crippen LogP contribution in [0.25, 0.3) is 0 Å². The summed E-state index contributed by atoms with van der Waals surface area (Å²) in [6, 6.07) is 0. The molecule has 0 aromatic heterocycles. The molecule has 0 amide bonds. The van der Waals surface area contributed by atoms with Gasteiger partial charge in [-0.1, -0.05) is 55.7 Å². The van der Waals surface area contributed by atoms with Gasteiger partial charge in [0.05, 0.1) is 5.41 Å². The summed E-state index contributed by atoms with van der Waals surface area (Å²) in [7, 11) is 0. The molecule has 0 aliphatic rings. The van der Waals surface area contributed by atoms with Crippen molar-refractivity contribution in [1.82, 2.24) is 0 Å². The van der Waals surface area contributed by atoms with Crippen molar-refractivity contribution in [3.63, 3.8) is 0 Å². The summed E-state index contributed by atoms with van der Waals surface area (Å²) in [5.74, 6) is -1.20. The van der Waals surface area contributed by atoms with Crippen LogP contribution in [0.1, 0.15) is 139 Å². The summed E-state index contributed by atoms with van der Waals surface area (Å²) >= 11 is 0. The molecule has 0 radical (unpaired) electrons. The molecule has 3 heteroatoms. The van der Waals surface area contributed by atoms with Crippen LogP contribution in [0.4, 0.5) is 0 Å². The van der Waals surface area contributed by atoms with Gasteiger partial charge in [-0.2, -0.15) is 0 Å². The van der Waals surface area contributed by atoms with Gasteiger partial charge < -0.3 is 15.3 Å². The van der Waals surface area contributed by atoms with Crippen molar-refractivity contribution in [3.05, 3.63) is 34.9 Å². The SMILES string of the molecule is CC(C)=CCCC(C)CCC(CCC(C)CCC=C(C)C)(CCC(C)CCC=C(C)C)C(O)(O)O. The minimum absolute atomic E-state index is 0.484. The average Bonchev–Trinajstić information content (AvgIpc) is 2.71. The Morgan fingerprint density at radius 1 is 0.514 bits per heavy atom. The van der Waals surface area contributed by atoms with E-state index in [0.717, 1.165) is 57.8 Å². The maximum absolute atomic E-state index is 10.7. The van der Waals surface area contributed by atoms with Crippen LogP contribution in [0.5, 0.6) is 0 Å². The van der Waals surface area contributed by atoms with E-state index < -0.39 is 11.4 Å². The lowest BCUT2D eigenvalue weighted by Crippen LogP contribution is -2.49. The standard InChI is InChI=1S/C32H60O3/c1-25(2)13-10-16-28(7)19-22-31(32(33,34)35,23-20-29(8)17-11-14-26(3)4)24-21-30(9)18-12-15-27(5)6/h13-15,28-30,33-35H,10-12,16-24H2,1-9H3. The van der Waals surface area contributed by atoms with Crippen LogP contribution >= 0.6 is 0 Å². The summed E-state index contributed by atoms with van der Waals surface area (Å²) in [5.41, 5.74) is 3.15. The molecule has 0 saturated carbocycles. The van der Waals surface area contributed by atoms with Gasteiger partial charge in [-0.25, -0.2) is 0 Å². The van der Waals surface area contributed by atoms with Crippen molar-refractivity contribution < 1.29 is 15.3 Å². The molecule has 0 fully saturated rings. The second kappa shape index (κ2) is 17.5. The summed E-state index contributed by atoms with van der Waals surface area (Å²) in [6.07, 6.45) is 17.9. The predicted octanol–water partition coefficient (Wildman–Crippen LogP) is 9.09. The van der Waals surface area contributed by atoms with Crippen LogP contribution in [0.2, 0.25) is 0 Å². The highest BCUT2D eigenvalue weighted by molar-refractivity contribution is 4.95. The molecule has 0 bridgehead atoms. The molecular weight excluding hydrogens is 432 g/mol. The molecule has 3 atom stereocenters. The zero-order valence-corrected chi connectivity index (χ0v) is 24.8. The van der Waals surface area contributed by atoms with Crippen LogP contribution < -0.4 is 0 Å². The first-order chi connectivity index (χ1) is 16.2. The van der Waals surface area contributed by atoms with Crippen LogP contribution in [0, 0.1) is 23.2 Å². The van der Waals surface area contributed by atoms with E-state index in [1.54, 1.807) is 0 Å². The number of hydrogen-bond donors (Lipinski definition) is 3. The van der Waals surface area contributed by atoms with Crippen molar-refractivity contribution in [2.45, 2.75) is 145 Å². The first-order valence-electron chi connectivity index (χ1n) is 14.3. The monoisotopic (exact) mass is 492 g/mol. The number of hydrogen-bond acceptors (Lipinski definition) is 3.